The summed E-state index contributed by atoms with van der Waals surface area (Å²) in [6.07, 6.45) is 1.47. The Morgan fingerprint density at radius 1 is 1.35 bits per heavy atom. The maximum Gasteiger partial charge on any atom is 0.277 e. The highest BCUT2D eigenvalue weighted by Crippen LogP contribution is 2.38. The molecule has 0 spiro atoms. The molecular weight excluding hydrogens is 258 g/mol. The first-order valence-electron chi connectivity index (χ1n) is 7.02. The van der Waals surface area contributed by atoms with Crippen LogP contribution in [0, 0.1) is 25.7 Å². The fourth-order valence-corrected chi connectivity index (χ4v) is 3.44. The molecule has 1 aliphatic carbocycles. The van der Waals surface area contributed by atoms with Gasteiger partial charge < -0.3 is 10.0 Å². The largest absolute Gasteiger partial charge is 0.393 e. The second-order valence-corrected chi connectivity index (χ2v) is 5.92. The lowest BCUT2D eigenvalue weighted by Crippen LogP contribution is -2.36. The number of rotatable bonds is 1. The Balaban J connectivity index is 1.88. The van der Waals surface area contributed by atoms with Crippen molar-refractivity contribution in [3.8, 4) is 0 Å². The summed E-state index contributed by atoms with van der Waals surface area (Å²) in [5.41, 5.74) is 1.05. The predicted octanol–water partition coefficient (Wildman–Crippen LogP) is 0.230. The third-order valence-corrected chi connectivity index (χ3v) is 4.79. The first-order valence-corrected chi connectivity index (χ1v) is 7.02. The topological polar surface area (TPSA) is 86.3 Å². The molecule has 1 saturated carbocycles. The van der Waals surface area contributed by atoms with E-state index in [2.05, 4.69) is 10.2 Å². The number of nitrogens with zero attached hydrogens (tertiary/aromatic N) is 2. The Bertz CT molecular complexity index is 610. The minimum absolute atomic E-state index is 0.168. The normalized spacial score (nSPS) is 28.8. The summed E-state index contributed by atoms with van der Waals surface area (Å²) in [5.74, 6) is 0.299. The summed E-state index contributed by atoms with van der Waals surface area (Å²) in [6.45, 7) is 4.70. The van der Waals surface area contributed by atoms with E-state index >= 15 is 0 Å². The Kier molecular flexibility index (Phi) is 3.12. The number of hydrogen-bond acceptors (Lipinski definition) is 4. The van der Waals surface area contributed by atoms with Crippen LogP contribution in [0.4, 0.5) is 0 Å². The van der Waals surface area contributed by atoms with Crippen LogP contribution in [0.3, 0.4) is 0 Å². The number of nitrogens with one attached hydrogen (secondary N) is 1. The van der Waals surface area contributed by atoms with Crippen LogP contribution in [0.25, 0.3) is 0 Å². The number of carbonyl (C=O) groups is 1. The minimum atomic E-state index is -0.435. The van der Waals surface area contributed by atoms with Crippen molar-refractivity contribution in [3.05, 3.63) is 27.2 Å². The third kappa shape index (κ3) is 1.95. The van der Waals surface area contributed by atoms with E-state index in [9.17, 15) is 14.7 Å². The van der Waals surface area contributed by atoms with Crippen molar-refractivity contribution < 1.29 is 9.90 Å². The van der Waals surface area contributed by atoms with Crippen LogP contribution >= 0.6 is 0 Å². The van der Waals surface area contributed by atoms with Crippen molar-refractivity contribution in [3.63, 3.8) is 0 Å². The average molecular weight is 277 g/mol. The van der Waals surface area contributed by atoms with Gasteiger partial charge in [0.2, 0.25) is 0 Å². The van der Waals surface area contributed by atoms with Gasteiger partial charge in [-0.3, -0.25) is 9.59 Å². The Morgan fingerprint density at radius 3 is 2.80 bits per heavy atom. The van der Waals surface area contributed by atoms with E-state index in [1.54, 1.807) is 18.7 Å². The van der Waals surface area contributed by atoms with Crippen molar-refractivity contribution in [2.45, 2.75) is 32.8 Å². The minimum Gasteiger partial charge on any atom is -0.393 e. The van der Waals surface area contributed by atoms with E-state index < -0.39 is 5.56 Å². The summed E-state index contributed by atoms with van der Waals surface area (Å²) < 4.78 is 0. The first kappa shape index (κ1) is 13.3. The van der Waals surface area contributed by atoms with Gasteiger partial charge >= 0.3 is 0 Å². The molecule has 108 valence electrons. The number of aryl methyl sites for hydroxylation is 1. The van der Waals surface area contributed by atoms with E-state index in [-0.39, 0.29) is 23.5 Å². The summed E-state index contributed by atoms with van der Waals surface area (Å²) in [7, 11) is 0. The Hall–Kier alpha value is -1.69. The van der Waals surface area contributed by atoms with Crippen molar-refractivity contribution >= 4 is 5.91 Å². The monoisotopic (exact) mass is 277 g/mol. The van der Waals surface area contributed by atoms with E-state index in [0.717, 1.165) is 12.8 Å². The highest BCUT2D eigenvalue weighted by atomic mass is 16.3. The fraction of sp³-hybridized carbons (Fsp3) is 0.643. The second-order valence-electron chi connectivity index (χ2n) is 5.92. The lowest BCUT2D eigenvalue weighted by atomic mass is 10.00. The molecule has 6 heteroatoms. The number of H-pyrrole nitrogens is 1. The molecule has 6 nitrogen and oxygen atoms in total. The summed E-state index contributed by atoms with van der Waals surface area (Å²) in [4.78, 5) is 26.2. The number of carbonyl (C=O) groups excluding carboxylic acids is 1. The molecule has 2 N–H and O–H groups in total. The molecule has 3 atom stereocenters. The molecule has 0 radical (unpaired) electrons. The van der Waals surface area contributed by atoms with Crippen LogP contribution < -0.4 is 5.56 Å². The standard InChI is InChI=1S/C14H19N3O3/c1-7-8(2)15-16-13(19)12(7)14(20)17-5-9-3-4-11(18)10(9)6-17/h9-11,18H,3-6H2,1-2H3,(H,16,19). The van der Waals surface area contributed by atoms with E-state index in [4.69, 9.17) is 0 Å². The highest BCUT2D eigenvalue weighted by Gasteiger charge is 2.43. The van der Waals surface area contributed by atoms with Crippen LogP contribution in [0.1, 0.15) is 34.5 Å². The van der Waals surface area contributed by atoms with E-state index in [1.165, 1.54) is 0 Å². The molecule has 1 amide bonds. The van der Waals surface area contributed by atoms with Gasteiger partial charge in [-0.1, -0.05) is 0 Å². The molecule has 0 aromatic carbocycles. The Labute approximate surface area is 116 Å². The lowest BCUT2D eigenvalue weighted by Gasteiger charge is -2.19. The molecule has 3 unspecified atom stereocenters. The van der Waals surface area contributed by atoms with Crippen molar-refractivity contribution in [2.24, 2.45) is 11.8 Å². The van der Waals surface area contributed by atoms with Gasteiger partial charge in [-0.25, -0.2) is 5.10 Å². The number of hydrogen-bond donors (Lipinski definition) is 2. The zero-order valence-electron chi connectivity index (χ0n) is 11.7. The number of aliphatic hydroxyl groups excluding tert-OH is 1. The predicted molar refractivity (Wildman–Crippen MR) is 72.5 cm³/mol. The van der Waals surface area contributed by atoms with Gasteiger partial charge in [-0.15, -0.1) is 0 Å². The van der Waals surface area contributed by atoms with Crippen LogP contribution in [0.15, 0.2) is 4.79 Å². The quantitative estimate of drug-likeness (QED) is 0.769. The number of aromatic nitrogens is 2. The molecule has 3 rings (SSSR count). The molecule has 1 aromatic rings. The lowest BCUT2D eigenvalue weighted by molar-refractivity contribution is 0.0749. The molecule has 0 bridgehead atoms. The van der Waals surface area contributed by atoms with Crippen LogP contribution in [-0.2, 0) is 0 Å². The van der Waals surface area contributed by atoms with Gasteiger partial charge in [0.1, 0.15) is 5.56 Å². The summed E-state index contributed by atoms with van der Waals surface area (Å²) >= 11 is 0. The van der Waals surface area contributed by atoms with Crippen LogP contribution in [-0.4, -0.2) is 45.3 Å². The van der Waals surface area contributed by atoms with Gasteiger partial charge in [0.15, 0.2) is 0 Å². The van der Waals surface area contributed by atoms with Gasteiger partial charge in [-0.2, -0.15) is 5.10 Å². The van der Waals surface area contributed by atoms with Gasteiger partial charge in [0.25, 0.3) is 11.5 Å². The molecule has 1 aromatic heterocycles. The number of fused-ring (bicyclic) bond motifs is 1. The van der Waals surface area contributed by atoms with Gasteiger partial charge in [0.05, 0.1) is 11.8 Å². The van der Waals surface area contributed by atoms with Gasteiger partial charge in [-0.05, 0) is 38.2 Å². The molecule has 2 heterocycles. The number of aromatic amines is 1. The summed E-state index contributed by atoms with van der Waals surface area (Å²) in [5, 5.41) is 16.1. The van der Waals surface area contributed by atoms with Crippen molar-refractivity contribution in [1.82, 2.24) is 15.1 Å². The summed E-state index contributed by atoms with van der Waals surface area (Å²) in [6, 6.07) is 0. The van der Waals surface area contributed by atoms with Crippen LogP contribution in [0.5, 0.6) is 0 Å². The van der Waals surface area contributed by atoms with Crippen LogP contribution in [0.2, 0.25) is 0 Å². The van der Waals surface area contributed by atoms with Crippen molar-refractivity contribution in [1.29, 1.82) is 0 Å². The number of amides is 1. The zero-order chi connectivity index (χ0) is 14.4. The average Bonchev–Trinajstić information content (AvgIpc) is 2.97. The number of likely N-dealkylation sites (tertiary alicyclic amines) is 1. The Morgan fingerprint density at radius 2 is 2.10 bits per heavy atom. The third-order valence-electron chi connectivity index (χ3n) is 4.79. The van der Waals surface area contributed by atoms with Gasteiger partial charge in [0, 0.05) is 19.0 Å². The molecule has 1 aliphatic heterocycles. The first-order chi connectivity index (χ1) is 9.49. The maximum absolute atomic E-state index is 12.6. The van der Waals surface area contributed by atoms with E-state index in [0.29, 0.717) is 30.3 Å². The molecule has 2 fully saturated rings. The van der Waals surface area contributed by atoms with E-state index in [1.807, 2.05) is 0 Å². The highest BCUT2D eigenvalue weighted by molar-refractivity contribution is 5.95. The van der Waals surface area contributed by atoms with Crippen molar-refractivity contribution in [2.75, 3.05) is 13.1 Å². The maximum atomic E-state index is 12.6. The zero-order valence-corrected chi connectivity index (χ0v) is 11.7. The molecular formula is C14H19N3O3. The smallest absolute Gasteiger partial charge is 0.277 e. The second kappa shape index (κ2) is 4.70. The number of aliphatic hydroxyl groups is 1. The fourth-order valence-electron chi connectivity index (χ4n) is 3.44. The molecule has 2 aliphatic rings. The molecule has 20 heavy (non-hydrogen) atoms. The molecule has 1 saturated heterocycles. The SMILES string of the molecule is Cc1n[nH]c(=O)c(C(=O)N2CC3CCC(O)C3C2)c1C.